The number of benzene rings is 1. The van der Waals surface area contributed by atoms with Gasteiger partial charge in [0.05, 0.1) is 32.4 Å². The van der Waals surface area contributed by atoms with Crippen molar-refractivity contribution in [3.63, 3.8) is 0 Å². The van der Waals surface area contributed by atoms with E-state index in [9.17, 15) is 0 Å². The number of ether oxygens (including phenoxy) is 3. The van der Waals surface area contributed by atoms with E-state index in [1.165, 1.54) is 50.0 Å². The molecule has 5 rings (SSSR count). The Kier molecular flexibility index (Phi) is 6.46. The third-order valence-electron chi connectivity index (χ3n) is 6.78. The van der Waals surface area contributed by atoms with E-state index >= 15 is 0 Å². The summed E-state index contributed by atoms with van der Waals surface area (Å²) in [5.74, 6) is 2.39. The van der Waals surface area contributed by atoms with Gasteiger partial charge in [-0.1, -0.05) is 0 Å². The lowest BCUT2D eigenvalue weighted by molar-refractivity contribution is 0.146. The largest absolute Gasteiger partial charge is 0.493 e. The minimum Gasteiger partial charge on any atom is -0.493 e. The predicted octanol–water partition coefficient (Wildman–Crippen LogP) is 4.05. The summed E-state index contributed by atoms with van der Waals surface area (Å²) in [6.07, 6.45) is 8.13. The van der Waals surface area contributed by atoms with Gasteiger partial charge in [0.15, 0.2) is 11.5 Å². The molecule has 6 heteroatoms. The molecule has 1 aromatic carbocycles. The van der Waals surface area contributed by atoms with Crippen molar-refractivity contribution >= 4 is 16.6 Å². The molecule has 2 fully saturated rings. The number of aromatic nitrogens is 1. The fraction of sp³-hybridized carbons (Fsp3) is 0.640. The van der Waals surface area contributed by atoms with Crippen LogP contribution in [0.3, 0.4) is 0 Å². The zero-order valence-electron chi connectivity index (χ0n) is 18.8. The molecule has 1 N–H and O–H groups in total. The molecule has 0 bridgehead atoms. The van der Waals surface area contributed by atoms with Crippen LogP contribution >= 0.6 is 0 Å². The van der Waals surface area contributed by atoms with Crippen LogP contribution in [0.25, 0.3) is 10.9 Å². The van der Waals surface area contributed by atoms with Crippen LogP contribution in [0.4, 0.5) is 5.69 Å². The number of nitrogens with zero attached hydrogens (tertiary/aromatic N) is 2. The van der Waals surface area contributed by atoms with Crippen molar-refractivity contribution < 1.29 is 14.2 Å². The number of methoxy groups -OCH3 is 1. The van der Waals surface area contributed by atoms with Gasteiger partial charge >= 0.3 is 0 Å². The number of nitrogens with one attached hydrogen (secondary N) is 1. The van der Waals surface area contributed by atoms with Crippen molar-refractivity contribution in [1.29, 1.82) is 0 Å². The SMILES string of the molecule is COc1cc2c(NCC3CC3)c3c(nc2cc1OCCCN1CCCC1)CCOCC3. The van der Waals surface area contributed by atoms with Crippen molar-refractivity contribution in [1.82, 2.24) is 9.88 Å². The van der Waals surface area contributed by atoms with Crippen LogP contribution in [-0.4, -0.2) is 63.0 Å². The number of fused-ring (bicyclic) bond motifs is 2. The molecule has 1 saturated heterocycles. The highest BCUT2D eigenvalue weighted by molar-refractivity contribution is 5.95. The third kappa shape index (κ3) is 4.90. The van der Waals surface area contributed by atoms with E-state index in [-0.39, 0.29) is 0 Å². The molecule has 0 spiro atoms. The molecule has 6 nitrogen and oxygen atoms in total. The molecule has 168 valence electrons. The first-order chi connectivity index (χ1) is 15.3. The molecule has 1 saturated carbocycles. The zero-order valence-corrected chi connectivity index (χ0v) is 18.8. The smallest absolute Gasteiger partial charge is 0.163 e. The molecule has 0 radical (unpaired) electrons. The van der Waals surface area contributed by atoms with E-state index in [0.717, 1.165) is 79.6 Å². The van der Waals surface area contributed by atoms with Gasteiger partial charge in [-0.15, -0.1) is 0 Å². The minimum absolute atomic E-state index is 0.698. The second-order valence-electron chi connectivity index (χ2n) is 9.12. The topological polar surface area (TPSA) is 55.8 Å². The quantitative estimate of drug-likeness (QED) is 0.612. The van der Waals surface area contributed by atoms with Crippen LogP contribution in [0, 0.1) is 5.92 Å². The Morgan fingerprint density at radius 2 is 1.97 bits per heavy atom. The molecule has 0 unspecified atom stereocenters. The summed E-state index contributed by atoms with van der Waals surface area (Å²) in [5.41, 5.74) is 4.67. The maximum Gasteiger partial charge on any atom is 0.163 e. The fourth-order valence-corrected chi connectivity index (χ4v) is 4.80. The molecular formula is C25H35N3O3. The molecule has 2 aromatic rings. The van der Waals surface area contributed by atoms with E-state index in [2.05, 4.69) is 22.3 Å². The van der Waals surface area contributed by atoms with E-state index in [0.29, 0.717) is 6.61 Å². The number of rotatable bonds is 9. The summed E-state index contributed by atoms with van der Waals surface area (Å²) in [7, 11) is 1.72. The Labute approximate surface area is 185 Å². The Hall–Kier alpha value is -2.05. The van der Waals surface area contributed by atoms with E-state index < -0.39 is 0 Å². The van der Waals surface area contributed by atoms with Crippen LogP contribution in [0.5, 0.6) is 11.5 Å². The number of hydrogen-bond donors (Lipinski definition) is 1. The monoisotopic (exact) mass is 425 g/mol. The van der Waals surface area contributed by atoms with Gasteiger partial charge in [0.25, 0.3) is 0 Å². The molecule has 0 atom stereocenters. The standard InChI is InChI=1S/C25H35N3O3/c1-29-23-15-20-22(16-24(23)31-12-4-11-28-9-2-3-10-28)27-21-8-14-30-13-7-19(21)25(20)26-17-18-5-6-18/h15-16,18H,2-14,17H2,1H3,(H,26,27). The average molecular weight is 426 g/mol. The van der Waals surface area contributed by atoms with Crippen LogP contribution in [0.2, 0.25) is 0 Å². The van der Waals surface area contributed by atoms with Crippen molar-refractivity contribution in [2.24, 2.45) is 5.92 Å². The maximum atomic E-state index is 6.18. The highest BCUT2D eigenvalue weighted by atomic mass is 16.5. The molecule has 2 aliphatic heterocycles. The van der Waals surface area contributed by atoms with Gasteiger partial charge in [-0.25, -0.2) is 0 Å². The van der Waals surface area contributed by atoms with Crippen LogP contribution in [0.15, 0.2) is 12.1 Å². The molecule has 1 aromatic heterocycles. The van der Waals surface area contributed by atoms with Gasteiger partial charge < -0.3 is 24.4 Å². The lowest BCUT2D eigenvalue weighted by Crippen LogP contribution is -2.21. The van der Waals surface area contributed by atoms with E-state index in [1.807, 2.05) is 0 Å². The Balaban J connectivity index is 1.40. The Morgan fingerprint density at radius 3 is 2.77 bits per heavy atom. The molecule has 3 heterocycles. The fourth-order valence-electron chi connectivity index (χ4n) is 4.80. The van der Waals surface area contributed by atoms with Gasteiger partial charge in [0.1, 0.15) is 0 Å². The van der Waals surface area contributed by atoms with Crippen LogP contribution in [0.1, 0.15) is 43.4 Å². The third-order valence-corrected chi connectivity index (χ3v) is 6.78. The first kappa shape index (κ1) is 20.8. The number of anilines is 1. The lowest BCUT2D eigenvalue weighted by Gasteiger charge is -2.19. The second-order valence-corrected chi connectivity index (χ2v) is 9.12. The van der Waals surface area contributed by atoms with E-state index in [1.54, 1.807) is 7.11 Å². The first-order valence-electron chi connectivity index (χ1n) is 12.0. The highest BCUT2D eigenvalue weighted by Crippen LogP contribution is 2.39. The van der Waals surface area contributed by atoms with Gasteiger partial charge in [-0.3, -0.25) is 4.98 Å². The summed E-state index contributed by atoms with van der Waals surface area (Å²) in [5, 5.41) is 4.89. The number of pyridine rings is 1. The van der Waals surface area contributed by atoms with Crippen molar-refractivity contribution in [3.8, 4) is 11.5 Å². The van der Waals surface area contributed by atoms with Crippen molar-refractivity contribution in [3.05, 3.63) is 23.4 Å². The van der Waals surface area contributed by atoms with Gasteiger partial charge in [-0.2, -0.15) is 0 Å². The van der Waals surface area contributed by atoms with Gasteiger partial charge in [-0.05, 0) is 69.2 Å². The molecular weight excluding hydrogens is 390 g/mol. The lowest BCUT2D eigenvalue weighted by atomic mass is 10.0. The van der Waals surface area contributed by atoms with Crippen LogP contribution in [-0.2, 0) is 17.6 Å². The van der Waals surface area contributed by atoms with Crippen molar-refractivity contribution in [2.75, 3.05) is 58.4 Å². The summed E-state index contributed by atoms with van der Waals surface area (Å²) < 4.78 is 17.7. The molecule has 31 heavy (non-hydrogen) atoms. The highest BCUT2D eigenvalue weighted by Gasteiger charge is 2.24. The summed E-state index contributed by atoms with van der Waals surface area (Å²) in [4.78, 5) is 7.57. The van der Waals surface area contributed by atoms with E-state index in [4.69, 9.17) is 19.2 Å². The normalized spacial score (nSPS) is 19.3. The van der Waals surface area contributed by atoms with Gasteiger partial charge in [0, 0.05) is 42.3 Å². The average Bonchev–Trinajstić information content (AvgIpc) is 3.53. The molecule has 3 aliphatic rings. The van der Waals surface area contributed by atoms with Crippen LogP contribution < -0.4 is 14.8 Å². The first-order valence-corrected chi connectivity index (χ1v) is 12.0. The molecule has 0 amide bonds. The summed E-state index contributed by atoms with van der Waals surface area (Å²) >= 11 is 0. The number of likely N-dealkylation sites (tertiary alicyclic amines) is 1. The van der Waals surface area contributed by atoms with Gasteiger partial charge in [0.2, 0.25) is 0 Å². The summed E-state index contributed by atoms with van der Waals surface area (Å²) in [6.45, 7) is 6.80. The Morgan fingerprint density at radius 1 is 1.13 bits per heavy atom. The summed E-state index contributed by atoms with van der Waals surface area (Å²) in [6, 6.07) is 4.18. The minimum atomic E-state index is 0.698. The molecule has 1 aliphatic carbocycles. The zero-order chi connectivity index (χ0) is 21.0. The maximum absolute atomic E-state index is 6.18. The number of hydrogen-bond acceptors (Lipinski definition) is 6. The van der Waals surface area contributed by atoms with Crippen molar-refractivity contribution in [2.45, 2.75) is 44.9 Å². The Bertz CT molecular complexity index is 907. The predicted molar refractivity (Wildman–Crippen MR) is 124 cm³/mol. The second kappa shape index (κ2) is 9.61.